The molecule has 0 radical (unpaired) electrons. The number of carboxylic acids is 1. The second-order valence-electron chi connectivity index (χ2n) is 4.59. The Morgan fingerprint density at radius 3 is 2.62 bits per heavy atom. The zero-order chi connectivity index (χ0) is 15.8. The number of carbonyl (C=O) groups excluding carboxylic acids is 2. The van der Waals surface area contributed by atoms with Crippen LogP contribution in [-0.4, -0.2) is 46.5 Å². The fourth-order valence-electron chi connectivity index (χ4n) is 1.82. The summed E-state index contributed by atoms with van der Waals surface area (Å²) < 4.78 is 0. The van der Waals surface area contributed by atoms with Gasteiger partial charge in [-0.15, -0.1) is 11.6 Å². The molecule has 0 saturated carbocycles. The van der Waals surface area contributed by atoms with Crippen LogP contribution in [-0.2, 0) is 14.4 Å². The van der Waals surface area contributed by atoms with Gasteiger partial charge in [-0.25, -0.2) is 4.79 Å². The first-order valence-corrected chi connectivity index (χ1v) is 6.88. The quantitative estimate of drug-likeness (QED) is 0.505. The summed E-state index contributed by atoms with van der Waals surface area (Å²) in [7, 11) is 0. The third-order valence-corrected chi connectivity index (χ3v) is 3.15. The molecule has 1 rings (SSSR count). The molecule has 1 unspecified atom stereocenters. The Kier molecular flexibility index (Phi) is 6.74. The van der Waals surface area contributed by atoms with Gasteiger partial charge < -0.3 is 20.8 Å². The van der Waals surface area contributed by atoms with Crippen molar-refractivity contribution >= 4 is 29.4 Å². The van der Waals surface area contributed by atoms with E-state index >= 15 is 0 Å². The Hall–Kier alpha value is -2.02. The van der Waals surface area contributed by atoms with Crippen LogP contribution in [0.15, 0.2) is 24.0 Å². The van der Waals surface area contributed by atoms with Crippen molar-refractivity contribution in [3.63, 3.8) is 0 Å². The number of carbonyl (C=O) groups is 3. The lowest BCUT2D eigenvalue weighted by molar-refractivity contribution is -0.142. The Morgan fingerprint density at radius 1 is 1.38 bits per heavy atom. The first-order chi connectivity index (χ1) is 9.92. The van der Waals surface area contributed by atoms with Crippen molar-refractivity contribution in [3.8, 4) is 0 Å². The first-order valence-electron chi connectivity index (χ1n) is 6.34. The molecule has 0 heterocycles. The summed E-state index contributed by atoms with van der Waals surface area (Å²) in [5.41, 5.74) is 0. The van der Waals surface area contributed by atoms with Crippen molar-refractivity contribution in [1.29, 1.82) is 0 Å². The number of carboxylic acid groups (broad SMARTS) is 1. The minimum absolute atomic E-state index is 0.0836. The van der Waals surface area contributed by atoms with Crippen molar-refractivity contribution in [2.75, 3.05) is 12.4 Å². The number of allylic oxidation sites excluding steroid dienone is 3. The van der Waals surface area contributed by atoms with Crippen LogP contribution in [0.3, 0.4) is 0 Å². The number of amides is 2. The van der Waals surface area contributed by atoms with Gasteiger partial charge in [0.2, 0.25) is 11.8 Å². The fourth-order valence-corrected chi connectivity index (χ4v) is 1.92. The van der Waals surface area contributed by atoms with Crippen LogP contribution in [0.5, 0.6) is 0 Å². The van der Waals surface area contributed by atoms with Gasteiger partial charge in [-0.3, -0.25) is 9.59 Å². The molecule has 1 aliphatic rings. The molecule has 0 aromatic rings. The highest BCUT2D eigenvalue weighted by Crippen LogP contribution is 2.20. The monoisotopic (exact) mass is 316 g/mol. The Bertz CT molecular complexity index is 475. The number of hydrogen-bond donors (Lipinski definition) is 4. The standard InChI is InChI=1S/C13H17ClN2O5/c14-6-11(18)15-7-12(19)16-10(13(20)21)5-8-1-3-9(17)4-2-8/h1,3-4,8,10,17H,2,5-7H2,(H,15,18)(H,16,19)(H,20,21)/t8?,10-/m0/s1. The molecule has 0 aromatic heterocycles. The molecule has 0 bridgehead atoms. The van der Waals surface area contributed by atoms with E-state index in [-0.39, 0.29) is 30.5 Å². The average molecular weight is 317 g/mol. The van der Waals surface area contributed by atoms with Gasteiger partial charge in [0.15, 0.2) is 0 Å². The molecule has 116 valence electrons. The largest absolute Gasteiger partial charge is 0.508 e. The highest BCUT2D eigenvalue weighted by atomic mass is 35.5. The molecule has 4 N–H and O–H groups in total. The van der Waals surface area contributed by atoms with E-state index in [9.17, 15) is 19.5 Å². The molecule has 0 saturated heterocycles. The van der Waals surface area contributed by atoms with Crippen LogP contribution in [0, 0.1) is 5.92 Å². The van der Waals surface area contributed by atoms with E-state index in [2.05, 4.69) is 10.6 Å². The van der Waals surface area contributed by atoms with Crippen LogP contribution < -0.4 is 10.6 Å². The average Bonchev–Trinajstić information content (AvgIpc) is 2.46. The summed E-state index contributed by atoms with van der Waals surface area (Å²) in [6.45, 7) is -0.323. The summed E-state index contributed by atoms with van der Waals surface area (Å²) >= 11 is 5.26. The van der Waals surface area contributed by atoms with Crippen molar-refractivity contribution in [2.24, 2.45) is 5.92 Å². The van der Waals surface area contributed by atoms with E-state index in [0.717, 1.165) is 0 Å². The summed E-state index contributed by atoms with van der Waals surface area (Å²) in [6.07, 6.45) is 5.49. The molecule has 0 aliphatic heterocycles. The fraction of sp³-hybridized carbons (Fsp3) is 0.462. The summed E-state index contributed by atoms with van der Waals surface area (Å²) in [5.74, 6) is -2.46. The van der Waals surface area contributed by atoms with Crippen LogP contribution in [0.1, 0.15) is 12.8 Å². The molecule has 7 nitrogen and oxygen atoms in total. The number of halogens is 1. The molecule has 2 amide bonds. The third-order valence-electron chi connectivity index (χ3n) is 2.91. The van der Waals surface area contributed by atoms with E-state index in [1.807, 2.05) is 0 Å². The maximum atomic E-state index is 11.6. The Morgan fingerprint density at radius 2 is 2.10 bits per heavy atom. The minimum atomic E-state index is -1.15. The first kappa shape index (κ1) is 17.0. The van der Waals surface area contributed by atoms with E-state index < -0.39 is 23.8 Å². The lowest BCUT2D eigenvalue weighted by Crippen LogP contribution is -2.46. The molecule has 2 atom stereocenters. The van der Waals surface area contributed by atoms with E-state index in [1.165, 1.54) is 6.08 Å². The molecule has 21 heavy (non-hydrogen) atoms. The molecule has 0 aromatic carbocycles. The zero-order valence-electron chi connectivity index (χ0n) is 11.2. The second-order valence-corrected chi connectivity index (χ2v) is 4.86. The number of alkyl halides is 1. The smallest absolute Gasteiger partial charge is 0.326 e. The van der Waals surface area contributed by atoms with Gasteiger partial charge in [0.05, 0.1) is 6.54 Å². The van der Waals surface area contributed by atoms with Crippen LogP contribution in [0.2, 0.25) is 0 Å². The number of aliphatic hydroxyl groups excluding tert-OH is 1. The third kappa shape index (κ3) is 6.31. The Balaban J connectivity index is 2.47. The van der Waals surface area contributed by atoms with Crippen molar-refractivity contribution in [1.82, 2.24) is 10.6 Å². The number of aliphatic hydroxyl groups is 1. The topological polar surface area (TPSA) is 116 Å². The van der Waals surface area contributed by atoms with Gasteiger partial charge in [0.25, 0.3) is 0 Å². The van der Waals surface area contributed by atoms with Gasteiger partial charge >= 0.3 is 5.97 Å². The lowest BCUT2D eigenvalue weighted by atomic mass is 9.93. The summed E-state index contributed by atoms with van der Waals surface area (Å²) in [6, 6.07) is -1.06. The number of nitrogens with one attached hydrogen (secondary N) is 2. The molecular weight excluding hydrogens is 300 g/mol. The van der Waals surface area contributed by atoms with E-state index in [4.69, 9.17) is 16.7 Å². The lowest BCUT2D eigenvalue weighted by Gasteiger charge is -2.20. The summed E-state index contributed by atoms with van der Waals surface area (Å²) in [4.78, 5) is 33.6. The maximum absolute atomic E-state index is 11.6. The number of aliphatic carboxylic acids is 1. The molecular formula is C13H17ClN2O5. The van der Waals surface area contributed by atoms with E-state index in [1.54, 1.807) is 12.2 Å². The van der Waals surface area contributed by atoms with Crippen LogP contribution in [0.4, 0.5) is 0 Å². The zero-order valence-corrected chi connectivity index (χ0v) is 12.0. The second kappa shape index (κ2) is 8.31. The highest BCUT2D eigenvalue weighted by molar-refractivity contribution is 6.27. The van der Waals surface area contributed by atoms with Gasteiger partial charge in [-0.05, 0) is 30.9 Å². The number of rotatable bonds is 7. The van der Waals surface area contributed by atoms with Crippen molar-refractivity contribution < 1.29 is 24.6 Å². The van der Waals surface area contributed by atoms with Crippen LogP contribution >= 0.6 is 11.6 Å². The highest BCUT2D eigenvalue weighted by Gasteiger charge is 2.23. The van der Waals surface area contributed by atoms with Crippen molar-refractivity contribution in [3.05, 3.63) is 24.0 Å². The molecule has 8 heteroatoms. The Labute approximate surface area is 126 Å². The van der Waals surface area contributed by atoms with Crippen molar-refractivity contribution in [2.45, 2.75) is 18.9 Å². The maximum Gasteiger partial charge on any atom is 0.326 e. The van der Waals surface area contributed by atoms with E-state index in [0.29, 0.717) is 6.42 Å². The normalized spacial score (nSPS) is 18.5. The van der Waals surface area contributed by atoms with Gasteiger partial charge in [-0.2, -0.15) is 0 Å². The predicted molar refractivity (Wildman–Crippen MR) is 75.9 cm³/mol. The van der Waals surface area contributed by atoms with Gasteiger partial charge in [-0.1, -0.05) is 6.08 Å². The SMILES string of the molecule is O=C(CCl)NCC(=O)N[C@@H](CC1C=CC(O)=CC1)C(=O)O. The van der Waals surface area contributed by atoms with Crippen LogP contribution in [0.25, 0.3) is 0 Å². The van der Waals surface area contributed by atoms with Gasteiger partial charge in [0, 0.05) is 0 Å². The minimum Gasteiger partial charge on any atom is -0.508 e. The predicted octanol–water partition coefficient (Wildman–Crippen LogP) is 0.319. The van der Waals surface area contributed by atoms with Gasteiger partial charge in [0.1, 0.15) is 17.7 Å². The summed E-state index contributed by atoms with van der Waals surface area (Å²) in [5, 5.41) is 22.9. The number of hydrogen-bond acceptors (Lipinski definition) is 4. The molecule has 0 spiro atoms. The molecule has 0 fully saturated rings. The molecule has 1 aliphatic carbocycles.